The molecule has 0 saturated heterocycles. The average molecular weight is 324 g/mol. The fraction of sp³-hybridized carbons (Fsp3) is 0.176. The lowest BCUT2D eigenvalue weighted by atomic mass is 10.1. The lowest BCUT2D eigenvalue weighted by molar-refractivity contribution is -0.110. The summed E-state index contributed by atoms with van der Waals surface area (Å²) in [6, 6.07) is 5.57. The first-order valence-corrected chi connectivity index (χ1v) is 7.35. The van der Waals surface area contributed by atoms with Crippen LogP contribution in [0.25, 0.3) is 0 Å². The minimum atomic E-state index is -0.994. The van der Waals surface area contributed by atoms with E-state index >= 15 is 0 Å². The van der Waals surface area contributed by atoms with Gasteiger partial charge in [0.15, 0.2) is 5.71 Å². The topological polar surface area (TPSA) is 107 Å². The largest absolute Gasteiger partial charge is 0.478 e. The Morgan fingerprint density at radius 1 is 1.25 bits per heavy atom. The second-order valence-corrected chi connectivity index (χ2v) is 5.61. The monoisotopic (exact) mass is 324 g/mol. The molecular formula is C17H16N4O3. The number of carbonyl (C=O) groups is 2. The number of aromatic amines is 1. The Balaban J connectivity index is 1.95. The number of carboxylic acids is 1. The molecule has 0 radical (unpaired) electrons. The van der Waals surface area contributed by atoms with Crippen LogP contribution in [0.2, 0.25) is 0 Å². The van der Waals surface area contributed by atoms with Crippen molar-refractivity contribution in [3.63, 3.8) is 0 Å². The number of anilines is 1. The number of amides is 1. The number of aromatic carboxylic acids is 1. The van der Waals surface area contributed by atoms with Gasteiger partial charge in [-0.25, -0.2) is 4.79 Å². The zero-order valence-electron chi connectivity index (χ0n) is 13.5. The molecule has 0 saturated carbocycles. The number of H-pyrrole nitrogens is 1. The molecule has 0 unspecified atom stereocenters. The van der Waals surface area contributed by atoms with Gasteiger partial charge in [0.05, 0.1) is 23.2 Å². The maximum Gasteiger partial charge on any atom is 0.337 e. The number of rotatable bonds is 3. The number of hydrogen-bond donors (Lipinski definition) is 3. The maximum absolute atomic E-state index is 12.0. The lowest BCUT2D eigenvalue weighted by Crippen LogP contribution is -2.14. The van der Waals surface area contributed by atoms with E-state index in [4.69, 9.17) is 0 Å². The van der Waals surface area contributed by atoms with Crippen LogP contribution in [0.15, 0.2) is 28.4 Å². The molecule has 1 aliphatic rings. The van der Waals surface area contributed by atoms with Crippen LogP contribution in [0.5, 0.6) is 0 Å². The number of benzene rings is 1. The van der Waals surface area contributed by atoms with E-state index in [9.17, 15) is 14.7 Å². The Bertz CT molecular complexity index is 922. The molecule has 0 atom stereocenters. The van der Waals surface area contributed by atoms with Crippen LogP contribution >= 0.6 is 0 Å². The average Bonchev–Trinajstić information content (AvgIpc) is 2.97. The maximum atomic E-state index is 12.0. The molecule has 1 amide bonds. The minimum Gasteiger partial charge on any atom is -0.478 e. The smallest absolute Gasteiger partial charge is 0.337 e. The van der Waals surface area contributed by atoms with Gasteiger partial charge in [-0.2, -0.15) is 5.10 Å². The molecule has 0 aliphatic carbocycles. The van der Waals surface area contributed by atoms with E-state index in [1.807, 2.05) is 25.1 Å². The van der Waals surface area contributed by atoms with Crippen molar-refractivity contribution in [2.24, 2.45) is 10.2 Å². The van der Waals surface area contributed by atoms with E-state index in [0.717, 1.165) is 11.1 Å². The molecule has 1 aromatic carbocycles. The number of carboxylic acid groups (broad SMARTS) is 1. The van der Waals surface area contributed by atoms with Gasteiger partial charge in [0, 0.05) is 11.3 Å². The Hall–Kier alpha value is -3.22. The van der Waals surface area contributed by atoms with Crippen molar-refractivity contribution in [1.82, 2.24) is 4.98 Å². The van der Waals surface area contributed by atoms with Gasteiger partial charge in [0.2, 0.25) is 0 Å². The molecule has 1 aromatic heterocycles. The Morgan fingerprint density at radius 3 is 2.67 bits per heavy atom. The third kappa shape index (κ3) is 2.50. The van der Waals surface area contributed by atoms with Crippen molar-refractivity contribution in [2.45, 2.75) is 20.8 Å². The van der Waals surface area contributed by atoms with Crippen molar-refractivity contribution >= 4 is 29.5 Å². The first-order chi connectivity index (χ1) is 11.4. The van der Waals surface area contributed by atoms with Gasteiger partial charge < -0.3 is 15.4 Å². The molecule has 122 valence electrons. The van der Waals surface area contributed by atoms with Crippen molar-refractivity contribution in [1.29, 1.82) is 0 Å². The Kier molecular flexibility index (Phi) is 3.76. The summed E-state index contributed by atoms with van der Waals surface area (Å²) in [6.07, 6.45) is 1.42. The van der Waals surface area contributed by atoms with E-state index < -0.39 is 5.97 Å². The van der Waals surface area contributed by atoms with Gasteiger partial charge in [0.25, 0.3) is 5.91 Å². The normalized spacial score (nSPS) is 15.1. The molecule has 2 aromatic rings. The summed E-state index contributed by atoms with van der Waals surface area (Å²) in [4.78, 5) is 26.2. The first-order valence-electron chi connectivity index (χ1n) is 7.35. The highest BCUT2D eigenvalue weighted by Gasteiger charge is 2.27. The van der Waals surface area contributed by atoms with Gasteiger partial charge >= 0.3 is 5.97 Å². The van der Waals surface area contributed by atoms with Crippen LogP contribution in [0, 0.1) is 20.8 Å². The number of fused-ring (bicyclic) bond motifs is 1. The van der Waals surface area contributed by atoms with Crippen LogP contribution in [0.4, 0.5) is 5.69 Å². The third-order valence-electron chi connectivity index (χ3n) is 4.01. The third-order valence-corrected chi connectivity index (χ3v) is 4.01. The van der Waals surface area contributed by atoms with E-state index in [1.165, 1.54) is 6.21 Å². The predicted molar refractivity (Wildman–Crippen MR) is 91.2 cm³/mol. The van der Waals surface area contributed by atoms with Gasteiger partial charge in [-0.1, -0.05) is 12.1 Å². The van der Waals surface area contributed by atoms with Gasteiger partial charge in [-0.05, 0) is 38.0 Å². The van der Waals surface area contributed by atoms with E-state index in [1.54, 1.807) is 13.8 Å². The van der Waals surface area contributed by atoms with Crippen LogP contribution in [0.3, 0.4) is 0 Å². The summed E-state index contributed by atoms with van der Waals surface area (Å²) in [5.74, 6) is -1.30. The zero-order chi connectivity index (χ0) is 17.4. The molecule has 3 rings (SSSR count). The molecule has 0 bridgehead atoms. The number of nitrogens with zero attached hydrogens (tertiary/aromatic N) is 2. The van der Waals surface area contributed by atoms with Crippen molar-refractivity contribution in [3.8, 4) is 0 Å². The fourth-order valence-electron chi connectivity index (χ4n) is 2.85. The van der Waals surface area contributed by atoms with Gasteiger partial charge in [-0.15, -0.1) is 5.10 Å². The van der Waals surface area contributed by atoms with Crippen molar-refractivity contribution < 1.29 is 14.7 Å². The van der Waals surface area contributed by atoms with E-state index in [2.05, 4.69) is 20.5 Å². The standard InChI is InChI=1S/C17H16N4O3/c1-8-5-4-6-11-13(8)15(16(22)20-11)21-18-7-12-9(2)14(17(23)24)10(3)19-12/h4-7,19H,1-3H3,(H,23,24)(H,20,21,22). The van der Waals surface area contributed by atoms with Crippen LogP contribution in [0.1, 0.15) is 38.4 Å². The van der Waals surface area contributed by atoms with Gasteiger partial charge in [0.1, 0.15) is 0 Å². The molecule has 0 spiro atoms. The molecule has 3 N–H and O–H groups in total. The van der Waals surface area contributed by atoms with E-state index in [-0.39, 0.29) is 17.2 Å². The van der Waals surface area contributed by atoms with Crippen molar-refractivity contribution in [3.05, 3.63) is 51.8 Å². The Labute approximate surface area is 138 Å². The molecular weight excluding hydrogens is 308 g/mol. The lowest BCUT2D eigenvalue weighted by Gasteiger charge is -2.00. The highest BCUT2D eigenvalue weighted by molar-refractivity contribution is 6.54. The number of aromatic nitrogens is 1. The highest BCUT2D eigenvalue weighted by atomic mass is 16.4. The SMILES string of the molecule is Cc1cccc2c1C(=NN=Cc1[nH]c(C)c(C(=O)O)c1C)C(=O)N2. The molecule has 24 heavy (non-hydrogen) atoms. The van der Waals surface area contributed by atoms with Crippen LogP contribution in [-0.4, -0.2) is 33.9 Å². The second kappa shape index (κ2) is 5.77. The molecule has 7 heteroatoms. The number of hydrogen-bond acceptors (Lipinski definition) is 4. The Morgan fingerprint density at radius 2 is 2.00 bits per heavy atom. The minimum absolute atomic E-state index is 0.226. The summed E-state index contributed by atoms with van der Waals surface area (Å²) in [7, 11) is 0. The second-order valence-electron chi connectivity index (χ2n) is 5.61. The highest BCUT2D eigenvalue weighted by Crippen LogP contribution is 2.26. The van der Waals surface area contributed by atoms with Crippen molar-refractivity contribution in [2.75, 3.05) is 5.32 Å². The van der Waals surface area contributed by atoms with Crippen LogP contribution in [-0.2, 0) is 4.79 Å². The summed E-state index contributed by atoms with van der Waals surface area (Å²) in [5, 5.41) is 19.9. The summed E-state index contributed by atoms with van der Waals surface area (Å²) >= 11 is 0. The molecule has 7 nitrogen and oxygen atoms in total. The molecule has 0 fully saturated rings. The van der Waals surface area contributed by atoms with Crippen LogP contribution < -0.4 is 5.32 Å². The zero-order valence-corrected chi connectivity index (χ0v) is 13.5. The predicted octanol–water partition coefficient (Wildman–Crippen LogP) is 2.41. The summed E-state index contributed by atoms with van der Waals surface area (Å²) < 4.78 is 0. The quantitative estimate of drug-likeness (QED) is 0.596. The number of aryl methyl sites for hydroxylation is 2. The van der Waals surface area contributed by atoms with E-state index in [0.29, 0.717) is 22.6 Å². The summed E-state index contributed by atoms with van der Waals surface area (Å²) in [6.45, 7) is 5.28. The molecule has 2 heterocycles. The fourth-order valence-corrected chi connectivity index (χ4v) is 2.85. The number of carbonyl (C=O) groups excluding carboxylic acids is 1. The molecule has 1 aliphatic heterocycles. The summed E-state index contributed by atoms with van der Waals surface area (Å²) in [5.41, 5.74) is 4.55. The van der Waals surface area contributed by atoms with Gasteiger partial charge in [-0.3, -0.25) is 4.79 Å². The number of nitrogens with one attached hydrogen (secondary N) is 2. The first kappa shape index (κ1) is 15.7.